The number of nitrogens with zero attached hydrogens (tertiary/aromatic N) is 1. The topological polar surface area (TPSA) is 80.5 Å². The van der Waals surface area contributed by atoms with Gasteiger partial charge in [0.2, 0.25) is 5.91 Å². The number of para-hydroxylation sites is 1. The van der Waals surface area contributed by atoms with E-state index in [2.05, 4.69) is 0 Å². The molecule has 6 heteroatoms. The number of rotatable bonds is 7. The Hall–Kier alpha value is -3.12. The van der Waals surface area contributed by atoms with Crippen LogP contribution in [0.3, 0.4) is 0 Å². The summed E-state index contributed by atoms with van der Waals surface area (Å²) in [5.41, 5.74) is 7.65. The second-order valence-electron chi connectivity index (χ2n) is 6.02. The van der Waals surface area contributed by atoms with Gasteiger partial charge in [-0.1, -0.05) is 60.7 Å². The molecule has 1 amide bonds. The molecule has 0 bridgehead atoms. The van der Waals surface area contributed by atoms with E-state index < -0.39 is 15.9 Å². The van der Waals surface area contributed by atoms with Crippen LogP contribution in [0.15, 0.2) is 89.8 Å². The van der Waals surface area contributed by atoms with Crippen molar-refractivity contribution in [2.45, 2.75) is 11.3 Å². The van der Waals surface area contributed by atoms with Gasteiger partial charge in [-0.05, 0) is 35.4 Å². The molecule has 0 saturated heterocycles. The van der Waals surface area contributed by atoms with E-state index in [1.54, 1.807) is 54.6 Å². The summed E-state index contributed by atoms with van der Waals surface area (Å²) in [6.07, 6.45) is -0.0593. The molecule has 0 atom stereocenters. The number of benzene rings is 3. The molecule has 0 aliphatic rings. The molecule has 3 aromatic rings. The number of anilines is 1. The lowest BCUT2D eigenvalue weighted by Crippen LogP contribution is -2.34. The average molecular weight is 380 g/mol. The summed E-state index contributed by atoms with van der Waals surface area (Å²) in [5, 5.41) is 0. The molecule has 0 heterocycles. The van der Waals surface area contributed by atoms with E-state index >= 15 is 0 Å². The summed E-state index contributed by atoms with van der Waals surface area (Å²) >= 11 is 0. The number of hydrogen-bond donors (Lipinski definition) is 1. The number of amides is 1. The maximum Gasteiger partial charge on any atom is 0.264 e. The standard InChI is InChI=1S/C21H20N2O3S/c22-21(24)15-16-23(19-9-5-2-6-10-19)27(25,26)20-13-11-18(12-14-20)17-7-3-1-4-8-17/h1-14H,15-16H2,(H2,22,24). The van der Waals surface area contributed by atoms with Crippen LogP contribution < -0.4 is 10.0 Å². The van der Waals surface area contributed by atoms with Crippen LogP contribution in [0, 0.1) is 0 Å². The molecule has 3 rings (SSSR count). The summed E-state index contributed by atoms with van der Waals surface area (Å²) in [6, 6.07) is 25.1. The lowest BCUT2D eigenvalue weighted by atomic mass is 10.1. The Labute approximate surface area is 159 Å². The first kappa shape index (κ1) is 18.7. The first-order chi connectivity index (χ1) is 13.0. The molecule has 0 aliphatic carbocycles. The Kier molecular flexibility index (Phi) is 5.57. The quantitative estimate of drug-likeness (QED) is 0.682. The van der Waals surface area contributed by atoms with E-state index in [-0.39, 0.29) is 17.9 Å². The van der Waals surface area contributed by atoms with Gasteiger partial charge in [-0.25, -0.2) is 8.42 Å². The highest BCUT2D eigenvalue weighted by atomic mass is 32.2. The molecule has 138 valence electrons. The predicted molar refractivity (Wildman–Crippen MR) is 107 cm³/mol. The number of carbonyl (C=O) groups excluding carboxylic acids is 1. The molecule has 2 N–H and O–H groups in total. The molecule has 0 spiro atoms. The summed E-state index contributed by atoms with van der Waals surface area (Å²) in [6.45, 7) is -0.0118. The predicted octanol–water partition coefficient (Wildman–Crippen LogP) is 3.42. The number of carbonyl (C=O) groups is 1. The third-order valence-corrected chi connectivity index (χ3v) is 6.00. The van der Waals surface area contributed by atoms with Crippen molar-refractivity contribution in [1.82, 2.24) is 0 Å². The average Bonchev–Trinajstić information content (AvgIpc) is 2.69. The van der Waals surface area contributed by atoms with Gasteiger partial charge in [-0.2, -0.15) is 0 Å². The number of primary amides is 1. The number of hydrogen-bond acceptors (Lipinski definition) is 3. The third kappa shape index (κ3) is 4.35. The fourth-order valence-corrected chi connectivity index (χ4v) is 4.24. The zero-order chi connectivity index (χ0) is 19.3. The largest absolute Gasteiger partial charge is 0.370 e. The fourth-order valence-electron chi connectivity index (χ4n) is 2.77. The molecule has 0 saturated carbocycles. The Bertz CT molecular complexity index is 1000. The molecule has 0 fully saturated rings. The maximum absolute atomic E-state index is 13.2. The molecule has 0 unspecified atom stereocenters. The first-order valence-corrected chi connectivity index (χ1v) is 9.94. The smallest absolute Gasteiger partial charge is 0.264 e. The maximum atomic E-state index is 13.2. The normalized spacial score (nSPS) is 11.1. The zero-order valence-electron chi connectivity index (χ0n) is 14.7. The first-order valence-electron chi connectivity index (χ1n) is 8.50. The van der Waals surface area contributed by atoms with Gasteiger partial charge in [0.05, 0.1) is 10.6 Å². The van der Waals surface area contributed by atoms with Gasteiger partial charge in [0.15, 0.2) is 0 Å². The zero-order valence-corrected chi connectivity index (χ0v) is 15.5. The Balaban J connectivity index is 1.95. The van der Waals surface area contributed by atoms with Crippen molar-refractivity contribution in [1.29, 1.82) is 0 Å². The fraction of sp³-hybridized carbons (Fsp3) is 0.0952. The molecule has 27 heavy (non-hydrogen) atoms. The van der Waals surface area contributed by atoms with Crippen LogP contribution >= 0.6 is 0 Å². The summed E-state index contributed by atoms with van der Waals surface area (Å²) in [5.74, 6) is -0.550. The van der Waals surface area contributed by atoms with Crippen molar-refractivity contribution < 1.29 is 13.2 Å². The monoisotopic (exact) mass is 380 g/mol. The van der Waals surface area contributed by atoms with Gasteiger partial charge >= 0.3 is 0 Å². The van der Waals surface area contributed by atoms with Crippen LogP contribution in [0.2, 0.25) is 0 Å². The van der Waals surface area contributed by atoms with Crippen LogP contribution in [0.1, 0.15) is 6.42 Å². The molecule has 0 radical (unpaired) electrons. The molecule has 5 nitrogen and oxygen atoms in total. The highest BCUT2D eigenvalue weighted by molar-refractivity contribution is 7.92. The van der Waals surface area contributed by atoms with Gasteiger partial charge in [-0.3, -0.25) is 9.10 Å². The van der Waals surface area contributed by atoms with Crippen LogP contribution in [0.25, 0.3) is 11.1 Å². The Morgan fingerprint density at radius 3 is 1.85 bits per heavy atom. The van der Waals surface area contributed by atoms with E-state index in [1.165, 1.54) is 4.31 Å². The molecule has 0 aromatic heterocycles. The van der Waals surface area contributed by atoms with Crippen molar-refractivity contribution >= 4 is 21.6 Å². The van der Waals surface area contributed by atoms with Gasteiger partial charge in [0.25, 0.3) is 10.0 Å². The van der Waals surface area contributed by atoms with E-state index in [4.69, 9.17) is 5.73 Å². The van der Waals surface area contributed by atoms with Crippen molar-refractivity contribution in [3.63, 3.8) is 0 Å². The van der Waals surface area contributed by atoms with Crippen molar-refractivity contribution in [2.24, 2.45) is 5.73 Å². The summed E-state index contributed by atoms with van der Waals surface area (Å²) < 4.78 is 27.6. The van der Waals surface area contributed by atoms with Gasteiger partial charge in [-0.15, -0.1) is 0 Å². The summed E-state index contributed by atoms with van der Waals surface area (Å²) in [7, 11) is -3.82. The van der Waals surface area contributed by atoms with Crippen LogP contribution in [0.5, 0.6) is 0 Å². The van der Waals surface area contributed by atoms with Crippen molar-refractivity contribution in [3.8, 4) is 11.1 Å². The van der Waals surface area contributed by atoms with E-state index in [0.29, 0.717) is 5.69 Å². The molecular formula is C21H20N2O3S. The van der Waals surface area contributed by atoms with E-state index in [0.717, 1.165) is 11.1 Å². The number of sulfonamides is 1. The molecule has 0 aliphatic heterocycles. The second kappa shape index (κ2) is 8.05. The highest BCUT2D eigenvalue weighted by Crippen LogP contribution is 2.26. The minimum Gasteiger partial charge on any atom is -0.370 e. The Morgan fingerprint density at radius 2 is 1.30 bits per heavy atom. The van der Waals surface area contributed by atoms with Crippen molar-refractivity contribution in [3.05, 3.63) is 84.9 Å². The third-order valence-electron chi connectivity index (χ3n) is 4.15. The van der Waals surface area contributed by atoms with Crippen LogP contribution in [0.4, 0.5) is 5.69 Å². The lowest BCUT2D eigenvalue weighted by Gasteiger charge is -2.24. The van der Waals surface area contributed by atoms with Gasteiger partial charge in [0, 0.05) is 13.0 Å². The molecule has 3 aromatic carbocycles. The summed E-state index contributed by atoms with van der Waals surface area (Å²) in [4.78, 5) is 11.4. The SMILES string of the molecule is NC(=O)CCN(c1ccccc1)S(=O)(=O)c1ccc(-c2ccccc2)cc1. The van der Waals surface area contributed by atoms with E-state index in [1.807, 2.05) is 30.3 Å². The second-order valence-corrected chi connectivity index (χ2v) is 7.88. The van der Waals surface area contributed by atoms with E-state index in [9.17, 15) is 13.2 Å². The highest BCUT2D eigenvalue weighted by Gasteiger charge is 2.25. The van der Waals surface area contributed by atoms with Gasteiger partial charge in [0.1, 0.15) is 0 Å². The van der Waals surface area contributed by atoms with Crippen molar-refractivity contribution in [2.75, 3.05) is 10.8 Å². The minimum atomic E-state index is -3.82. The molecular weight excluding hydrogens is 360 g/mol. The minimum absolute atomic E-state index is 0.0118. The Morgan fingerprint density at radius 1 is 0.778 bits per heavy atom. The van der Waals surface area contributed by atoms with Crippen LogP contribution in [-0.2, 0) is 14.8 Å². The van der Waals surface area contributed by atoms with Crippen LogP contribution in [-0.4, -0.2) is 20.9 Å². The number of nitrogens with two attached hydrogens (primary N) is 1. The lowest BCUT2D eigenvalue weighted by molar-refractivity contribution is -0.117. The van der Waals surface area contributed by atoms with Gasteiger partial charge < -0.3 is 5.73 Å².